The molecule has 1 atom stereocenters. The van der Waals surface area contributed by atoms with E-state index in [9.17, 15) is 4.79 Å². The van der Waals surface area contributed by atoms with Crippen molar-refractivity contribution in [2.45, 2.75) is 12.3 Å². The predicted molar refractivity (Wildman–Crippen MR) is 102 cm³/mol. The van der Waals surface area contributed by atoms with Crippen LogP contribution in [0.3, 0.4) is 0 Å². The van der Waals surface area contributed by atoms with Crippen LogP contribution in [0.4, 0.5) is 10.5 Å². The van der Waals surface area contributed by atoms with Crippen LogP contribution >= 0.6 is 11.8 Å². The summed E-state index contributed by atoms with van der Waals surface area (Å²) in [7, 11) is 3.26. The molecule has 0 spiro atoms. The SMILES string of the molecule is COc1cc(OC)cc(C2SCCN2C(=O)Nc2cccc(C)c2)c1. The van der Waals surface area contributed by atoms with Gasteiger partial charge in [0.2, 0.25) is 0 Å². The molecule has 1 aliphatic rings. The Bertz CT molecular complexity index is 744. The van der Waals surface area contributed by atoms with Crippen molar-refractivity contribution in [2.75, 3.05) is 31.8 Å². The molecule has 1 saturated heterocycles. The van der Waals surface area contributed by atoms with E-state index in [-0.39, 0.29) is 11.4 Å². The zero-order valence-corrected chi connectivity index (χ0v) is 15.4. The minimum atomic E-state index is -0.0950. The number of thioether (sulfide) groups is 1. The number of nitrogens with zero attached hydrogens (tertiary/aromatic N) is 1. The highest BCUT2D eigenvalue weighted by Crippen LogP contribution is 2.40. The first-order chi connectivity index (χ1) is 12.1. The monoisotopic (exact) mass is 358 g/mol. The molecule has 0 saturated carbocycles. The normalized spacial score (nSPS) is 16.6. The van der Waals surface area contributed by atoms with Crippen molar-refractivity contribution in [1.29, 1.82) is 0 Å². The third-order valence-electron chi connectivity index (χ3n) is 4.08. The lowest BCUT2D eigenvalue weighted by Crippen LogP contribution is -2.34. The molecule has 6 heteroatoms. The molecular weight excluding hydrogens is 336 g/mol. The van der Waals surface area contributed by atoms with Gasteiger partial charge in [-0.1, -0.05) is 12.1 Å². The minimum Gasteiger partial charge on any atom is -0.497 e. The maximum absolute atomic E-state index is 12.8. The Hall–Kier alpha value is -2.34. The van der Waals surface area contributed by atoms with E-state index in [0.717, 1.165) is 34.1 Å². The van der Waals surface area contributed by atoms with Crippen LogP contribution in [0, 0.1) is 6.92 Å². The van der Waals surface area contributed by atoms with E-state index in [1.165, 1.54) is 0 Å². The number of rotatable bonds is 4. The summed E-state index contributed by atoms with van der Waals surface area (Å²) in [6.45, 7) is 2.71. The van der Waals surface area contributed by atoms with Crippen LogP contribution in [-0.2, 0) is 0 Å². The second kappa shape index (κ2) is 7.70. The Labute approximate surface area is 152 Å². The van der Waals surface area contributed by atoms with E-state index in [0.29, 0.717) is 6.54 Å². The van der Waals surface area contributed by atoms with Gasteiger partial charge in [0.05, 0.1) is 14.2 Å². The first-order valence-corrected chi connectivity index (χ1v) is 9.14. The summed E-state index contributed by atoms with van der Waals surface area (Å²) in [5.41, 5.74) is 2.92. The molecule has 1 unspecified atom stereocenters. The summed E-state index contributed by atoms with van der Waals surface area (Å²) in [5.74, 6) is 2.34. The molecule has 2 aromatic rings. The fourth-order valence-electron chi connectivity index (χ4n) is 2.84. The lowest BCUT2D eigenvalue weighted by atomic mass is 10.2. The maximum atomic E-state index is 12.8. The molecule has 1 fully saturated rings. The van der Waals surface area contributed by atoms with Gasteiger partial charge in [0.1, 0.15) is 16.9 Å². The number of benzene rings is 2. The van der Waals surface area contributed by atoms with Crippen LogP contribution in [0.5, 0.6) is 11.5 Å². The van der Waals surface area contributed by atoms with Crippen molar-refractivity contribution >= 4 is 23.5 Å². The van der Waals surface area contributed by atoms with Gasteiger partial charge < -0.3 is 19.7 Å². The Morgan fingerprint density at radius 2 is 1.88 bits per heavy atom. The Morgan fingerprint density at radius 3 is 2.52 bits per heavy atom. The lowest BCUT2D eigenvalue weighted by Gasteiger charge is -2.25. The van der Waals surface area contributed by atoms with Gasteiger partial charge in [0, 0.05) is 24.1 Å². The Morgan fingerprint density at radius 1 is 1.16 bits per heavy atom. The molecule has 0 aromatic heterocycles. The number of hydrogen-bond donors (Lipinski definition) is 1. The predicted octanol–water partition coefficient (Wildman–Crippen LogP) is 4.29. The zero-order valence-electron chi connectivity index (χ0n) is 14.6. The Balaban J connectivity index is 1.81. The van der Waals surface area contributed by atoms with Gasteiger partial charge in [-0.15, -0.1) is 11.8 Å². The number of carbonyl (C=O) groups is 1. The summed E-state index contributed by atoms with van der Waals surface area (Å²) < 4.78 is 10.7. The number of ether oxygens (including phenoxy) is 2. The van der Waals surface area contributed by atoms with Crippen LogP contribution in [0.2, 0.25) is 0 Å². The first kappa shape index (κ1) is 17.5. The molecule has 5 nitrogen and oxygen atoms in total. The lowest BCUT2D eigenvalue weighted by molar-refractivity contribution is 0.214. The van der Waals surface area contributed by atoms with Crippen LogP contribution in [0.1, 0.15) is 16.5 Å². The van der Waals surface area contributed by atoms with E-state index in [2.05, 4.69) is 5.32 Å². The summed E-state index contributed by atoms with van der Waals surface area (Å²) in [5, 5.41) is 2.93. The Kier molecular flexibility index (Phi) is 5.38. The van der Waals surface area contributed by atoms with Crippen molar-refractivity contribution in [3.63, 3.8) is 0 Å². The highest BCUT2D eigenvalue weighted by atomic mass is 32.2. The third-order valence-corrected chi connectivity index (χ3v) is 5.34. The number of amides is 2. The topological polar surface area (TPSA) is 50.8 Å². The van der Waals surface area contributed by atoms with Crippen molar-refractivity contribution in [3.8, 4) is 11.5 Å². The molecule has 0 aliphatic carbocycles. The third kappa shape index (κ3) is 4.02. The average molecular weight is 358 g/mol. The molecule has 0 radical (unpaired) electrons. The smallest absolute Gasteiger partial charge is 0.323 e. The van der Waals surface area contributed by atoms with Crippen molar-refractivity contribution in [3.05, 3.63) is 53.6 Å². The summed E-state index contributed by atoms with van der Waals surface area (Å²) in [6.07, 6.45) is 0. The average Bonchev–Trinajstić information content (AvgIpc) is 3.11. The van der Waals surface area contributed by atoms with Gasteiger partial charge >= 0.3 is 6.03 Å². The maximum Gasteiger partial charge on any atom is 0.323 e. The van der Waals surface area contributed by atoms with Gasteiger partial charge in [0.15, 0.2) is 0 Å². The van der Waals surface area contributed by atoms with Gasteiger partial charge in [-0.25, -0.2) is 4.79 Å². The standard InChI is InChI=1S/C19H22N2O3S/c1-13-5-4-6-15(9-13)20-19(22)21-7-8-25-18(21)14-10-16(23-2)12-17(11-14)24-3/h4-6,9-12,18H,7-8H2,1-3H3,(H,20,22). The van der Waals surface area contributed by atoms with E-state index in [1.807, 2.05) is 54.3 Å². The highest BCUT2D eigenvalue weighted by Gasteiger charge is 2.31. The number of anilines is 1. The molecule has 3 rings (SSSR count). The van der Waals surface area contributed by atoms with Gasteiger partial charge in [-0.05, 0) is 42.3 Å². The van der Waals surface area contributed by atoms with E-state index in [1.54, 1.807) is 26.0 Å². The largest absolute Gasteiger partial charge is 0.497 e. The summed E-state index contributed by atoms with van der Waals surface area (Å²) >= 11 is 1.74. The number of urea groups is 1. The molecule has 2 aromatic carbocycles. The van der Waals surface area contributed by atoms with Crippen LogP contribution in [0.15, 0.2) is 42.5 Å². The second-order valence-corrected chi connectivity index (χ2v) is 7.05. The van der Waals surface area contributed by atoms with Crippen LogP contribution in [0.25, 0.3) is 0 Å². The molecule has 1 aliphatic heterocycles. The molecule has 1 N–H and O–H groups in total. The van der Waals surface area contributed by atoms with E-state index in [4.69, 9.17) is 9.47 Å². The first-order valence-electron chi connectivity index (χ1n) is 8.09. The fourth-order valence-corrected chi connectivity index (χ4v) is 4.08. The van der Waals surface area contributed by atoms with Gasteiger partial charge in [0.25, 0.3) is 0 Å². The second-order valence-electron chi connectivity index (χ2n) is 5.86. The number of hydrogen-bond acceptors (Lipinski definition) is 4. The summed E-state index contributed by atoms with van der Waals surface area (Å²) in [4.78, 5) is 14.6. The molecule has 2 amide bonds. The van der Waals surface area contributed by atoms with E-state index >= 15 is 0 Å². The number of nitrogens with one attached hydrogen (secondary N) is 1. The van der Waals surface area contributed by atoms with Gasteiger partial charge in [-0.2, -0.15) is 0 Å². The van der Waals surface area contributed by atoms with Crippen molar-refractivity contribution < 1.29 is 14.3 Å². The van der Waals surface area contributed by atoms with Crippen LogP contribution < -0.4 is 14.8 Å². The quantitative estimate of drug-likeness (QED) is 0.886. The molecule has 25 heavy (non-hydrogen) atoms. The number of methoxy groups -OCH3 is 2. The zero-order chi connectivity index (χ0) is 17.8. The van der Waals surface area contributed by atoms with Crippen LogP contribution in [-0.4, -0.2) is 37.4 Å². The molecular formula is C19H22N2O3S. The number of carbonyl (C=O) groups excluding carboxylic acids is 1. The molecule has 0 bridgehead atoms. The molecule has 132 valence electrons. The minimum absolute atomic E-state index is 0.0613. The van der Waals surface area contributed by atoms with E-state index < -0.39 is 0 Å². The highest BCUT2D eigenvalue weighted by molar-refractivity contribution is 7.99. The van der Waals surface area contributed by atoms with Crippen molar-refractivity contribution in [1.82, 2.24) is 4.90 Å². The fraction of sp³-hybridized carbons (Fsp3) is 0.316. The molecule has 1 heterocycles. The van der Waals surface area contributed by atoms with Gasteiger partial charge in [-0.3, -0.25) is 0 Å². The van der Waals surface area contributed by atoms with Crippen molar-refractivity contribution in [2.24, 2.45) is 0 Å². The summed E-state index contributed by atoms with van der Waals surface area (Å²) in [6, 6.07) is 13.5. The number of aryl methyl sites for hydroxylation is 1.